The number of aliphatic hydroxyl groups excluding tert-OH is 1. The van der Waals surface area contributed by atoms with Crippen molar-refractivity contribution < 1.29 is 14.6 Å². The predicted octanol–water partition coefficient (Wildman–Crippen LogP) is 5.74. The van der Waals surface area contributed by atoms with Crippen LogP contribution in [0.5, 0.6) is 0 Å². The fourth-order valence-corrected chi connectivity index (χ4v) is 8.56. The first kappa shape index (κ1) is 20.7. The van der Waals surface area contributed by atoms with Crippen molar-refractivity contribution in [1.82, 2.24) is 0 Å². The number of aliphatic hydroxyl groups is 1. The Labute approximate surface area is 172 Å². The molecule has 0 heterocycles. The summed E-state index contributed by atoms with van der Waals surface area (Å²) in [5.41, 5.74) is 0.847. The summed E-state index contributed by atoms with van der Waals surface area (Å²) < 4.78 is 5.11. The topological polar surface area (TPSA) is 46.5 Å². The third kappa shape index (κ3) is 3.34. The summed E-state index contributed by atoms with van der Waals surface area (Å²) >= 11 is 0. The minimum Gasteiger partial charge on any atom is -0.466 e. The second-order valence-corrected chi connectivity index (χ2v) is 11.1. The Hall–Kier alpha value is -0.570. The second-order valence-electron chi connectivity index (χ2n) is 11.1. The zero-order chi connectivity index (χ0) is 19.9. The lowest BCUT2D eigenvalue weighted by molar-refractivity contribution is -0.162. The Morgan fingerprint density at radius 1 is 1.04 bits per heavy atom. The lowest BCUT2D eigenvalue weighted by Gasteiger charge is -2.62. The average molecular weight is 391 g/mol. The molecule has 0 bridgehead atoms. The smallest absolute Gasteiger partial charge is 0.305 e. The summed E-state index contributed by atoms with van der Waals surface area (Å²) in [6, 6.07) is 0. The number of carbonyl (C=O) groups is 1. The van der Waals surface area contributed by atoms with Crippen molar-refractivity contribution in [1.29, 1.82) is 0 Å². The van der Waals surface area contributed by atoms with Gasteiger partial charge in [-0.3, -0.25) is 4.79 Å². The van der Waals surface area contributed by atoms with Crippen molar-refractivity contribution in [3.8, 4) is 0 Å². The predicted molar refractivity (Wildman–Crippen MR) is 112 cm³/mol. The lowest BCUT2D eigenvalue weighted by Crippen LogP contribution is -2.57. The number of rotatable bonds is 5. The minimum atomic E-state index is -0.0796. The molecule has 0 amide bonds. The number of hydrogen-bond acceptors (Lipinski definition) is 3. The first-order chi connectivity index (χ1) is 13.4. The molecule has 4 saturated carbocycles. The van der Waals surface area contributed by atoms with Crippen LogP contribution >= 0.6 is 0 Å². The zero-order valence-corrected chi connectivity index (χ0v) is 18.4. The van der Waals surface area contributed by atoms with Gasteiger partial charge in [0.2, 0.25) is 0 Å². The Kier molecular flexibility index (Phi) is 5.86. The maximum Gasteiger partial charge on any atom is 0.305 e. The molecule has 0 aromatic heterocycles. The van der Waals surface area contributed by atoms with Crippen LogP contribution in [-0.2, 0) is 9.53 Å². The van der Waals surface area contributed by atoms with Gasteiger partial charge in [-0.1, -0.05) is 26.7 Å². The van der Waals surface area contributed by atoms with E-state index in [4.69, 9.17) is 4.74 Å². The molecule has 0 aliphatic heterocycles. The van der Waals surface area contributed by atoms with E-state index in [1.54, 1.807) is 0 Å². The zero-order valence-electron chi connectivity index (χ0n) is 18.4. The Morgan fingerprint density at radius 3 is 2.61 bits per heavy atom. The summed E-state index contributed by atoms with van der Waals surface area (Å²) in [6.07, 6.45) is 14.4. The fraction of sp³-hybridized carbons (Fsp3) is 0.960. The lowest BCUT2D eigenvalue weighted by atomic mass is 9.44. The molecule has 4 aliphatic carbocycles. The van der Waals surface area contributed by atoms with Crippen LogP contribution in [0.4, 0.5) is 0 Å². The van der Waals surface area contributed by atoms with Crippen molar-refractivity contribution >= 4 is 5.97 Å². The number of esters is 1. The Bertz CT molecular complexity index is 574. The largest absolute Gasteiger partial charge is 0.466 e. The first-order valence-corrected chi connectivity index (χ1v) is 12.2. The van der Waals surface area contributed by atoms with Crippen LogP contribution in [0.15, 0.2) is 0 Å². The molecule has 0 aromatic rings. The van der Waals surface area contributed by atoms with Crippen LogP contribution < -0.4 is 0 Å². The SMILES string of the molecule is CCOC(=O)CCC[C@H]1CCC2[C@H]3C(CC[C@@]21C)[C@@]1(C)CCCC[C@H]1C[C@H]3O. The van der Waals surface area contributed by atoms with E-state index in [-0.39, 0.29) is 12.1 Å². The molecule has 0 spiro atoms. The highest BCUT2D eigenvalue weighted by molar-refractivity contribution is 5.69. The van der Waals surface area contributed by atoms with E-state index in [1.165, 1.54) is 51.4 Å². The van der Waals surface area contributed by atoms with Crippen LogP contribution in [0.2, 0.25) is 0 Å². The van der Waals surface area contributed by atoms with Gasteiger partial charge in [-0.05, 0) is 105 Å². The molecule has 3 heteroatoms. The minimum absolute atomic E-state index is 0.0372. The quantitative estimate of drug-likeness (QED) is 0.609. The van der Waals surface area contributed by atoms with Gasteiger partial charge < -0.3 is 9.84 Å². The third-order valence-corrected chi connectivity index (χ3v) is 10.0. The van der Waals surface area contributed by atoms with E-state index in [2.05, 4.69) is 13.8 Å². The normalized spacial score (nSPS) is 47.7. The molecular formula is C25H42O3. The molecule has 4 rings (SSSR count). The van der Waals surface area contributed by atoms with Gasteiger partial charge in [-0.15, -0.1) is 0 Å². The highest BCUT2D eigenvalue weighted by Gasteiger charge is 2.61. The summed E-state index contributed by atoms with van der Waals surface area (Å²) in [7, 11) is 0. The number of hydrogen-bond donors (Lipinski definition) is 1. The highest BCUT2D eigenvalue weighted by atomic mass is 16.5. The summed E-state index contributed by atoms with van der Waals surface area (Å²) in [5.74, 6) is 3.38. The Morgan fingerprint density at radius 2 is 1.82 bits per heavy atom. The monoisotopic (exact) mass is 390 g/mol. The van der Waals surface area contributed by atoms with E-state index in [9.17, 15) is 9.90 Å². The maximum atomic E-state index is 11.7. The second kappa shape index (κ2) is 7.93. The number of fused-ring (bicyclic) bond motifs is 5. The van der Waals surface area contributed by atoms with Gasteiger partial charge in [0.1, 0.15) is 0 Å². The van der Waals surface area contributed by atoms with Gasteiger partial charge in [0, 0.05) is 6.42 Å². The van der Waals surface area contributed by atoms with E-state index in [0.29, 0.717) is 35.7 Å². The van der Waals surface area contributed by atoms with Crippen LogP contribution in [0, 0.1) is 40.4 Å². The molecule has 4 aliphatic rings. The molecular weight excluding hydrogens is 348 g/mol. The molecule has 2 unspecified atom stereocenters. The maximum absolute atomic E-state index is 11.7. The molecule has 4 fully saturated rings. The number of ether oxygens (including phenoxy) is 1. The van der Waals surface area contributed by atoms with Crippen molar-refractivity contribution in [2.75, 3.05) is 6.61 Å². The van der Waals surface area contributed by atoms with E-state index in [0.717, 1.165) is 37.0 Å². The molecule has 28 heavy (non-hydrogen) atoms. The van der Waals surface area contributed by atoms with Crippen LogP contribution in [-0.4, -0.2) is 23.8 Å². The fourth-order valence-electron chi connectivity index (χ4n) is 8.56. The molecule has 8 atom stereocenters. The van der Waals surface area contributed by atoms with Gasteiger partial charge in [-0.2, -0.15) is 0 Å². The van der Waals surface area contributed by atoms with E-state index in [1.807, 2.05) is 6.92 Å². The highest BCUT2D eigenvalue weighted by Crippen LogP contribution is 2.67. The summed E-state index contributed by atoms with van der Waals surface area (Å²) in [4.78, 5) is 11.7. The molecule has 1 N–H and O–H groups in total. The molecule has 0 aromatic carbocycles. The molecule has 0 radical (unpaired) electrons. The van der Waals surface area contributed by atoms with Gasteiger partial charge >= 0.3 is 5.97 Å². The standard InChI is InChI=1S/C25H42O3/c1-4-28-22(27)10-7-9-17-11-12-19-23-20(13-15-25(17,19)3)24(2)14-6-5-8-18(24)16-21(23)26/h17-21,23,26H,4-16H2,1-3H3/t17-,18-,19?,20?,21+,23-,24-,25+/m0/s1. The first-order valence-electron chi connectivity index (χ1n) is 12.2. The van der Waals surface area contributed by atoms with Crippen LogP contribution in [0.1, 0.15) is 97.8 Å². The van der Waals surface area contributed by atoms with Gasteiger partial charge in [0.05, 0.1) is 12.7 Å². The molecule has 0 saturated heterocycles. The molecule has 160 valence electrons. The summed E-state index contributed by atoms with van der Waals surface area (Å²) in [5, 5.41) is 11.3. The van der Waals surface area contributed by atoms with Crippen molar-refractivity contribution in [3.63, 3.8) is 0 Å². The number of carbonyl (C=O) groups excluding carboxylic acids is 1. The molecule has 3 nitrogen and oxygen atoms in total. The van der Waals surface area contributed by atoms with Gasteiger partial charge in [0.15, 0.2) is 0 Å². The summed E-state index contributed by atoms with van der Waals surface area (Å²) in [6.45, 7) is 7.47. The average Bonchev–Trinajstić information content (AvgIpc) is 2.99. The Balaban J connectivity index is 1.45. The van der Waals surface area contributed by atoms with Crippen molar-refractivity contribution in [2.24, 2.45) is 40.4 Å². The van der Waals surface area contributed by atoms with Crippen molar-refractivity contribution in [3.05, 3.63) is 0 Å². The van der Waals surface area contributed by atoms with E-state index >= 15 is 0 Å². The van der Waals surface area contributed by atoms with E-state index < -0.39 is 0 Å². The van der Waals surface area contributed by atoms with Gasteiger partial charge in [0.25, 0.3) is 0 Å². The van der Waals surface area contributed by atoms with Crippen LogP contribution in [0.25, 0.3) is 0 Å². The third-order valence-electron chi connectivity index (χ3n) is 10.0. The van der Waals surface area contributed by atoms with Crippen molar-refractivity contribution in [2.45, 2.75) is 104 Å². The van der Waals surface area contributed by atoms with Crippen LogP contribution in [0.3, 0.4) is 0 Å². The van der Waals surface area contributed by atoms with Gasteiger partial charge in [-0.25, -0.2) is 0 Å².